The normalized spacial score (nSPS) is 22.3. The number of nitrogens with two attached hydrogens (primary N) is 1. The predicted octanol–water partition coefficient (Wildman–Crippen LogP) is 0.636. The van der Waals surface area contributed by atoms with Crippen LogP contribution < -0.4 is 15.8 Å². The van der Waals surface area contributed by atoms with Gasteiger partial charge in [0.1, 0.15) is 11.5 Å². The van der Waals surface area contributed by atoms with Crippen molar-refractivity contribution in [1.29, 1.82) is 0 Å². The molecule has 0 bridgehead atoms. The van der Waals surface area contributed by atoms with Crippen molar-refractivity contribution in [3.8, 4) is 5.88 Å². The monoisotopic (exact) mass is 208 g/mol. The molecule has 4 N–H and O–H groups in total. The molecule has 1 aromatic rings. The number of ether oxygens (including phenoxy) is 1. The van der Waals surface area contributed by atoms with Crippen molar-refractivity contribution >= 4 is 17.4 Å². The minimum Gasteiger partial charge on any atom is -0.458 e. The average molecular weight is 208 g/mol. The minimum atomic E-state index is -0.700. The highest BCUT2D eigenvalue weighted by Crippen LogP contribution is 2.42. The first-order valence-electron chi connectivity index (χ1n) is 5.06. The first-order valence-corrected chi connectivity index (χ1v) is 5.06. The highest BCUT2D eigenvalue weighted by molar-refractivity contribution is 6.02. The van der Waals surface area contributed by atoms with Gasteiger partial charge >= 0.3 is 0 Å². The van der Waals surface area contributed by atoms with Crippen LogP contribution in [0.4, 0.5) is 11.5 Å². The van der Waals surface area contributed by atoms with Crippen LogP contribution in [0, 0.1) is 0 Å². The predicted molar refractivity (Wildman–Crippen MR) is 53.5 cm³/mol. The van der Waals surface area contributed by atoms with Crippen LogP contribution >= 0.6 is 0 Å². The SMILES string of the molecule is Nc1[nH]nc2c1NC(=O)C1(CCCC1)O2. The summed E-state index contributed by atoms with van der Waals surface area (Å²) < 4.78 is 5.68. The third-order valence-corrected chi connectivity index (χ3v) is 3.12. The number of nitrogens with zero attached hydrogens (tertiary/aromatic N) is 1. The van der Waals surface area contributed by atoms with Gasteiger partial charge in [0.25, 0.3) is 11.8 Å². The molecule has 0 aromatic carbocycles. The van der Waals surface area contributed by atoms with E-state index in [-0.39, 0.29) is 5.91 Å². The summed E-state index contributed by atoms with van der Waals surface area (Å²) in [5.41, 5.74) is 5.37. The molecule has 1 aliphatic carbocycles. The molecule has 80 valence electrons. The van der Waals surface area contributed by atoms with E-state index in [0.29, 0.717) is 17.4 Å². The topological polar surface area (TPSA) is 93.0 Å². The highest BCUT2D eigenvalue weighted by Gasteiger charge is 2.48. The van der Waals surface area contributed by atoms with Crippen LogP contribution in [-0.4, -0.2) is 21.7 Å². The zero-order valence-electron chi connectivity index (χ0n) is 8.17. The van der Waals surface area contributed by atoms with E-state index in [0.717, 1.165) is 25.7 Å². The quantitative estimate of drug-likeness (QED) is 0.583. The van der Waals surface area contributed by atoms with Crippen molar-refractivity contribution in [3.63, 3.8) is 0 Å². The van der Waals surface area contributed by atoms with Crippen molar-refractivity contribution in [2.75, 3.05) is 11.1 Å². The summed E-state index contributed by atoms with van der Waals surface area (Å²) >= 11 is 0. The largest absolute Gasteiger partial charge is 0.458 e. The van der Waals surface area contributed by atoms with Crippen molar-refractivity contribution in [2.24, 2.45) is 0 Å². The van der Waals surface area contributed by atoms with E-state index >= 15 is 0 Å². The Morgan fingerprint density at radius 2 is 2.13 bits per heavy atom. The van der Waals surface area contributed by atoms with Gasteiger partial charge in [-0.2, -0.15) is 0 Å². The molecule has 1 spiro atoms. The van der Waals surface area contributed by atoms with Crippen LogP contribution in [0.5, 0.6) is 5.88 Å². The molecule has 0 atom stereocenters. The van der Waals surface area contributed by atoms with Gasteiger partial charge in [-0.15, -0.1) is 5.10 Å². The second-order valence-corrected chi connectivity index (χ2v) is 4.08. The molecule has 0 unspecified atom stereocenters. The number of H-pyrrole nitrogens is 1. The van der Waals surface area contributed by atoms with E-state index < -0.39 is 5.60 Å². The van der Waals surface area contributed by atoms with Crippen LogP contribution in [0.2, 0.25) is 0 Å². The fourth-order valence-corrected chi connectivity index (χ4v) is 2.27. The second kappa shape index (κ2) is 2.65. The molecule has 0 saturated heterocycles. The van der Waals surface area contributed by atoms with Crippen molar-refractivity contribution < 1.29 is 9.53 Å². The first kappa shape index (κ1) is 8.58. The summed E-state index contributed by atoms with van der Waals surface area (Å²) in [5.74, 6) is 0.654. The Balaban J connectivity index is 2.02. The maximum absolute atomic E-state index is 11.9. The number of hydrogen-bond acceptors (Lipinski definition) is 4. The number of carbonyl (C=O) groups excluding carboxylic acids is 1. The summed E-state index contributed by atoms with van der Waals surface area (Å²) in [7, 11) is 0. The third-order valence-electron chi connectivity index (χ3n) is 3.12. The first-order chi connectivity index (χ1) is 7.21. The van der Waals surface area contributed by atoms with Gasteiger partial charge in [-0.1, -0.05) is 0 Å². The third kappa shape index (κ3) is 1.04. The zero-order chi connectivity index (χ0) is 10.5. The number of anilines is 2. The lowest BCUT2D eigenvalue weighted by molar-refractivity contribution is -0.132. The molecule has 1 fully saturated rings. The average Bonchev–Trinajstić information content (AvgIpc) is 2.80. The van der Waals surface area contributed by atoms with E-state index in [9.17, 15) is 4.79 Å². The number of amides is 1. The molecule has 2 aliphatic rings. The van der Waals surface area contributed by atoms with Gasteiger partial charge in [-0.25, -0.2) is 0 Å². The van der Waals surface area contributed by atoms with Gasteiger partial charge in [-0.05, 0) is 25.7 Å². The molecule has 6 nitrogen and oxygen atoms in total. The number of carbonyl (C=O) groups is 1. The summed E-state index contributed by atoms with van der Waals surface area (Å²) in [6.07, 6.45) is 3.54. The van der Waals surface area contributed by atoms with Crippen LogP contribution in [0.25, 0.3) is 0 Å². The Hall–Kier alpha value is -1.72. The van der Waals surface area contributed by atoms with Gasteiger partial charge in [0.05, 0.1) is 0 Å². The van der Waals surface area contributed by atoms with Crippen molar-refractivity contribution in [1.82, 2.24) is 10.2 Å². The number of aromatic nitrogens is 2. The van der Waals surface area contributed by atoms with E-state index in [1.54, 1.807) is 0 Å². The summed E-state index contributed by atoms with van der Waals surface area (Å²) in [6, 6.07) is 0. The fraction of sp³-hybridized carbons (Fsp3) is 0.556. The van der Waals surface area contributed by atoms with E-state index in [2.05, 4.69) is 15.5 Å². The Labute approximate surface area is 86.2 Å². The van der Waals surface area contributed by atoms with Crippen LogP contribution in [0.1, 0.15) is 25.7 Å². The Bertz CT molecular complexity index is 420. The lowest BCUT2D eigenvalue weighted by Crippen LogP contribution is -2.48. The van der Waals surface area contributed by atoms with Gasteiger partial charge in [0.2, 0.25) is 0 Å². The van der Waals surface area contributed by atoms with Gasteiger partial charge in [-0.3, -0.25) is 9.89 Å². The Morgan fingerprint density at radius 1 is 1.40 bits per heavy atom. The van der Waals surface area contributed by atoms with E-state index in [1.165, 1.54) is 0 Å². The van der Waals surface area contributed by atoms with Crippen molar-refractivity contribution in [3.05, 3.63) is 0 Å². The fourth-order valence-electron chi connectivity index (χ4n) is 2.27. The van der Waals surface area contributed by atoms with Crippen LogP contribution in [-0.2, 0) is 4.79 Å². The smallest absolute Gasteiger partial charge is 0.268 e. The molecule has 15 heavy (non-hydrogen) atoms. The number of hydrogen-bond donors (Lipinski definition) is 3. The molecule has 1 aromatic heterocycles. The number of nitrogen functional groups attached to an aromatic ring is 1. The van der Waals surface area contributed by atoms with E-state index in [4.69, 9.17) is 10.5 Å². The van der Waals surface area contributed by atoms with Gasteiger partial charge < -0.3 is 15.8 Å². The molecule has 3 rings (SSSR count). The van der Waals surface area contributed by atoms with E-state index in [1.807, 2.05) is 0 Å². The molecule has 1 saturated carbocycles. The van der Waals surface area contributed by atoms with Gasteiger partial charge in [0.15, 0.2) is 5.60 Å². The Kier molecular flexibility index (Phi) is 1.52. The Morgan fingerprint density at radius 3 is 2.87 bits per heavy atom. The summed E-state index contributed by atoms with van der Waals surface area (Å²) in [6.45, 7) is 0. The standard InChI is InChI=1S/C9H12N4O2/c10-6-5-7(13-12-6)15-9(8(14)11-5)3-1-2-4-9/h1-4H2,(H,11,14)(H3,10,12,13). The molecule has 0 radical (unpaired) electrons. The van der Waals surface area contributed by atoms with Gasteiger partial charge in [0, 0.05) is 0 Å². The second-order valence-electron chi connectivity index (χ2n) is 4.08. The van der Waals surface area contributed by atoms with Crippen LogP contribution in [0.15, 0.2) is 0 Å². The molecular formula is C9H12N4O2. The maximum Gasteiger partial charge on any atom is 0.268 e. The number of nitrogens with one attached hydrogen (secondary N) is 2. The maximum atomic E-state index is 11.9. The summed E-state index contributed by atoms with van der Waals surface area (Å²) in [4.78, 5) is 11.9. The van der Waals surface area contributed by atoms with Crippen molar-refractivity contribution in [2.45, 2.75) is 31.3 Å². The minimum absolute atomic E-state index is 0.0967. The number of aromatic amines is 1. The van der Waals surface area contributed by atoms with Crippen LogP contribution in [0.3, 0.4) is 0 Å². The lowest BCUT2D eigenvalue weighted by atomic mass is 9.99. The number of rotatable bonds is 0. The molecular weight excluding hydrogens is 196 g/mol. The molecule has 2 heterocycles. The summed E-state index contributed by atoms with van der Waals surface area (Å²) in [5, 5.41) is 9.28. The molecule has 6 heteroatoms. The highest BCUT2D eigenvalue weighted by atomic mass is 16.5. The zero-order valence-corrected chi connectivity index (χ0v) is 8.17. The number of fused-ring (bicyclic) bond motifs is 1. The molecule has 1 amide bonds. The molecule has 1 aliphatic heterocycles. The lowest BCUT2D eigenvalue weighted by Gasteiger charge is -2.31.